The highest BCUT2D eigenvalue weighted by Crippen LogP contribution is 2.29. The lowest BCUT2D eigenvalue weighted by atomic mass is 9.87. The van der Waals surface area contributed by atoms with Crippen molar-refractivity contribution in [1.29, 1.82) is 0 Å². The topological polar surface area (TPSA) is 79.0 Å². The number of carbonyl (C=O) groups is 3. The fourth-order valence-electron chi connectivity index (χ4n) is 3.94. The van der Waals surface area contributed by atoms with Crippen LogP contribution in [0.4, 0.5) is 4.79 Å². The Hall–Kier alpha value is -3.61. The van der Waals surface area contributed by atoms with Crippen LogP contribution in [0.15, 0.2) is 66.7 Å². The van der Waals surface area contributed by atoms with Crippen molar-refractivity contribution in [2.45, 2.75) is 18.4 Å². The molecule has 2 aromatic carbocycles. The fraction of sp³-hybridized carbons (Fsp3) is 0.292. The van der Waals surface area contributed by atoms with E-state index >= 15 is 0 Å². The quantitative estimate of drug-likeness (QED) is 0.577. The van der Waals surface area contributed by atoms with Gasteiger partial charge in [0.2, 0.25) is 5.91 Å². The normalized spacial score (nSPS) is 17.9. The van der Waals surface area contributed by atoms with Gasteiger partial charge in [-0.05, 0) is 36.6 Å². The molecule has 7 nitrogen and oxygen atoms in total. The highest BCUT2D eigenvalue weighted by Gasteiger charge is 2.52. The summed E-state index contributed by atoms with van der Waals surface area (Å²) in [6, 6.07) is 18.5. The average molecular weight is 419 g/mol. The van der Waals surface area contributed by atoms with Crippen molar-refractivity contribution in [2.75, 3.05) is 26.2 Å². The highest BCUT2D eigenvalue weighted by atomic mass is 16.5. The Morgan fingerprint density at radius 1 is 1.00 bits per heavy atom. The van der Waals surface area contributed by atoms with Crippen LogP contribution in [0.5, 0.6) is 5.75 Å². The van der Waals surface area contributed by atoms with E-state index in [1.807, 2.05) is 60.7 Å². The maximum atomic E-state index is 13.0. The summed E-state index contributed by atoms with van der Waals surface area (Å²) in [5.41, 5.74) is 0.0277. The standard InChI is InChI=1S/C24H25N3O4/c28-21(12-11-19-7-3-1-4-8-19)26-15-13-24(14-16-26)22(29)27(23(30)25-24)17-18-31-20-9-5-2-6-10-20/h1-12H,13-18H2,(H,25,30)/b12-11+. The van der Waals surface area contributed by atoms with E-state index in [0.717, 1.165) is 5.56 Å². The molecule has 0 saturated carbocycles. The Bertz CT molecular complexity index is 967. The first-order valence-corrected chi connectivity index (χ1v) is 10.4. The second-order valence-electron chi connectivity index (χ2n) is 7.70. The van der Waals surface area contributed by atoms with E-state index in [9.17, 15) is 14.4 Å². The fourth-order valence-corrected chi connectivity index (χ4v) is 3.94. The van der Waals surface area contributed by atoms with Gasteiger partial charge in [0.05, 0.1) is 6.54 Å². The first kappa shape index (κ1) is 20.7. The predicted octanol–water partition coefficient (Wildman–Crippen LogP) is 2.69. The molecular formula is C24H25N3O4. The second kappa shape index (κ2) is 9.04. The number of nitrogens with one attached hydrogen (secondary N) is 1. The molecule has 4 rings (SSSR count). The lowest BCUT2D eigenvalue weighted by Crippen LogP contribution is -2.55. The number of benzene rings is 2. The number of urea groups is 1. The molecule has 0 unspecified atom stereocenters. The van der Waals surface area contributed by atoms with Crippen LogP contribution in [-0.4, -0.2) is 59.4 Å². The lowest BCUT2D eigenvalue weighted by molar-refractivity contribution is -0.136. The number of amides is 4. The van der Waals surface area contributed by atoms with Crippen LogP contribution in [0, 0.1) is 0 Å². The third-order valence-corrected chi connectivity index (χ3v) is 5.72. The van der Waals surface area contributed by atoms with Gasteiger partial charge < -0.3 is 15.0 Å². The Labute approximate surface area is 181 Å². The molecule has 2 aliphatic heterocycles. The molecule has 7 heteroatoms. The number of rotatable bonds is 6. The maximum Gasteiger partial charge on any atom is 0.325 e. The summed E-state index contributed by atoms with van der Waals surface area (Å²) >= 11 is 0. The van der Waals surface area contributed by atoms with E-state index in [4.69, 9.17) is 4.74 Å². The molecule has 0 aromatic heterocycles. The molecule has 2 fully saturated rings. The van der Waals surface area contributed by atoms with Crippen molar-refractivity contribution < 1.29 is 19.1 Å². The molecule has 1 spiro atoms. The van der Waals surface area contributed by atoms with E-state index in [1.54, 1.807) is 17.1 Å². The Kier molecular flexibility index (Phi) is 6.02. The zero-order valence-corrected chi connectivity index (χ0v) is 17.2. The van der Waals surface area contributed by atoms with Gasteiger partial charge in [0.1, 0.15) is 17.9 Å². The minimum atomic E-state index is -0.927. The van der Waals surface area contributed by atoms with Gasteiger partial charge in [-0.25, -0.2) is 4.79 Å². The van der Waals surface area contributed by atoms with E-state index in [1.165, 1.54) is 4.90 Å². The van der Waals surface area contributed by atoms with Crippen LogP contribution >= 0.6 is 0 Å². The zero-order valence-electron chi connectivity index (χ0n) is 17.2. The SMILES string of the molecule is O=C(/C=C/c1ccccc1)N1CCC2(CC1)NC(=O)N(CCOc1ccccc1)C2=O. The van der Waals surface area contributed by atoms with Crippen LogP contribution in [0.1, 0.15) is 18.4 Å². The van der Waals surface area contributed by atoms with E-state index in [2.05, 4.69) is 5.32 Å². The summed E-state index contributed by atoms with van der Waals surface area (Å²) in [6.45, 7) is 1.24. The third kappa shape index (κ3) is 4.60. The largest absolute Gasteiger partial charge is 0.492 e. The van der Waals surface area contributed by atoms with Gasteiger partial charge in [0.15, 0.2) is 0 Å². The van der Waals surface area contributed by atoms with Gasteiger partial charge in [0.25, 0.3) is 5.91 Å². The van der Waals surface area contributed by atoms with Crippen LogP contribution in [0.2, 0.25) is 0 Å². The highest BCUT2D eigenvalue weighted by molar-refractivity contribution is 6.07. The summed E-state index contributed by atoms with van der Waals surface area (Å²) in [7, 11) is 0. The van der Waals surface area contributed by atoms with Crippen molar-refractivity contribution >= 4 is 23.9 Å². The van der Waals surface area contributed by atoms with E-state index in [0.29, 0.717) is 31.7 Å². The van der Waals surface area contributed by atoms with Gasteiger partial charge in [-0.3, -0.25) is 14.5 Å². The molecule has 2 aliphatic rings. The predicted molar refractivity (Wildman–Crippen MR) is 116 cm³/mol. The number of imide groups is 1. The first-order chi connectivity index (χ1) is 15.1. The molecule has 0 aliphatic carbocycles. The monoisotopic (exact) mass is 419 g/mol. The molecule has 0 bridgehead atoms. The first-order valence-electron chi connectivity index (χ1n) is 10.4. The van der Waals surface area contributed by atoms with Crippen molar-refractivity contribution in [3.63, 3.8) is 0 Å². The Balaban J connectivity index is 1.30. The van der Waals surface area contributed by atoms with Gasteiger partial charge in [-0.15, -0.1) is 0 Å². The summed E-state index contributed by atoms with van der Waals surface area (Å²) < 4.78 is 5.62. The zero-order chi connectivity index (χ0) is 21.7. The summed E-state index contributed by atoms with van der Waals surface area (Å²) in [5.74, 6) is 0.365. The number of carbonyl (C=O) groups excluding carboxylic acids is 3. The number of nitrogens with zero attached hydrogens (tertiary/aromatic N) is 2. The molecule has 2 saturated heterocycles. The molecule has 31 heavy (non-hydrogen) atoms. The minimum Gasteiger partial charge on any atom is -0.492 e. The van der Waals surface area contributed by atoms with Gasteiger partial charge in [0, 0.05) is 19.2 Å². The number of ether oxygens (including phenoxy) is 1. The van der Waals surface area contributed by atoms with Crippen molar-refractivity contribution in [2.24, 2.45) is 0 Å². The molecule has 2 heterocycles. The number of hydrogen-bond donors (Lipinski definition) is 1. The summed E-state index contributed by atoms with van der Waals surface area (Å²) in [5, 5.41) is 2.86. The number of hydrogen-bond acceptors (Lipinski definition) is 4. The van der Waals surface area contributed by atoms with Crippen molar-refractivity contribution in [3.8, 4) is 5.75 Å². The molecule has 2 aromatic rings. The molecule has 0 atom stereocenters. The van der Waals surface area contributed by atoms with Gasteiger partial charge in [-0.2, -0.15) is 0 Å². The van der Waals surface area contributed by atoms with Crippen molar-refractivity contribution in [3.05, 3.63) is 72.3 Å². The molecule has 1 N–H and O–H groups in total. The molecule has 4 amide bonds. The number of para-hydroxylation sites is 1. The number of likely N-dealkylation sites (tertiary alicyclic amines) is 1. The molecule has 0 radical (unpaired) electrons. The van der Waals surface area contributed by atoms with Crippen molar-refractivity contribution in [1.82, 2.24) is 15.1 Å². The van der Waals surface area contributed by atoms with Gasteiger partial charge >= 0.3 is 6.03 Å². The van der Waals surface area contributed by atoms with Crippen LogP contribution in [-0.2, 0) is 9.59 Å². The Morgan fingerprint density at radius 2 is 1.65 bits per heavy atom. The summed E-state index contributed by atoms with van der Waals surface area (Å²) in [4.78, 5) is 40.8. The average Bonchev–Trinajstić information content (AvgIpc) is 3.03. The Morgan fingerprint density at radius 3 is 2.32 bits per heavy atom. The van der Waals surface area contributed by atoms with E-state index < -0.39 is 11.6 Å². The van der Waals surface area contributed by atoms with E-state index in [-0.39, 0.29) is 25.0 Å². The number of piperidine rings is 1. The smallest absolute Gasteiger partial charge is 0.325 e. The lowest BCUT2D eigenvalue weighted by Gasteiger charge is -2.36. The van der Waals surface area contributed by atoms with Crippen LogP contribution < -0.4 is 10.1 Å². The summed E-state index contributed by atoms with van der Waals surface area (Å²) in [6.07, 6.45) is 4.14. The molecule has 160 valence electrons. The molecular weight excluding hydrogens is 394 g/mol. The maximum absolute atomic E-state index is 13.0. The third-order valence-electron chi connectivity index (χ3n) is 5.72. The van der Waals surface area contributed by atoms with Crippen LogP contribution in [0.25, 0.3) is 6.08 Å². The van der Waals surface area contributed by atoms with Crippen LogP contribution in [0.3, 0.4) is 0 Å². The second-order valence-corrected chi connectivity index (χ2v) is 7.70. The van der Waals surface area contributed by atoms with Gasteiger partial charge in [-0.1, -0.05) is 48.5 Å². The minimum absolute atomic E-state index is 0.0939.